The van der Waals surface area contributed by atoms with Crippen LogP contribution in [0.1, 0.15) is 17.7 Å². The van der Waals surface area contributed by atoms with Gasteiger partial charge in [0, 0.05) is 23.6 Å². The number of rotatable bonds is 2. The van der Waals surface area contributed by atoms with Crippen molar-refractivity contribution in [1.82, 2.24) is 9.88 Å². The Morgan fingerprint density at radius 3 is 2.87 bits per heavy atom. The van der Waals surface area contributed by atoms with Crippen molar-refractivity contribution in [1.29, 1.82) is 0 Å². The van der Waals surface area contributed by atoms with Gasteiger partial charge < -0.3 is 14.8 Å². The molecule has 0 radical (unpaired) electrons. The topological polar surface area (TPSA) is 65.6 Å². The van der Waals surface area contributed by atoms with E-state index in [1.165, 1.54) is 5.56 Å². The molecule has 1 aliphatic heterocycles. The maximum atomic E-state index is 11.8. The Hall–Kier alpha value is -1.43. The number of pyridine rings is 1. The number of aromatic nitrogens is 1. The predicted octanol–water partition coefficient (Wildman–Crippen LogP) is 1.09. The van der Waals surface area contributed by atoms with Crippen molar-refractivity contribution >= 4 is 0 Å². The lowest BCUT2D eigenvalue weighted by Crippen LogP contribution is -2.60. The molecule has 6 atom stereocenters. The lowest BCUT2D eigenvalue weighted by molar-refractivity contribution is -0.109. The first-order chi connectivity index (χ1) is 11.0. The first-order valence-electron chi connectivity index (χ1n) is 8.31. The summed E-state index contributed by atoms with van der Waals surface area (Å²) in [7, 11) is 4.16. The SMILES string of the molecule is C=C[C@@H]1[C@@H]2Cc3[nH]c(=O)ccc3[C@@]1(N(C)C)C[C@H]1[C@@H]2CO[C@@H]1O. The van der Waals surface area contributed by atoms with Crippen molar-refractivity contribution in [2.24, 2.45) is 23.7 Å². The van der Waals surface area contributed by atoms with Crippen molar-refractivity contribution in [2.45, 2.75) is 24.7 Å². The number of nitrogens with zero attached hydrogens (tertiary/aromatic N) is 1. The second kappa shape index (κ2) is 5.03. The Morgan fingerprint density at radius 2 is 2.17 bits per heavy atom. The smallest absolute Gasteiger partial charge is 0.248 e. The summed E-state index contributed by atoms with van der Waals surface area (Å²) in [5, 5.41) is 10.3. The molecular formula is C18H24N2O3. The number of nitrogens with one attached hydrogen (secondary N) is 1. The molecule has 23 heavy (non-hydrogen) atoms. The zero-order valence-corrected chi connectivity index (χ0v) is 13.7. The molecule has 2 N–H and O–H groups in total. The summed E-state index contributed by atoms with van der Waals surface area (Å²) in [4.78, 5) is 17.1. The van der Waals surface area contributed by atoms with E-state index in [1.54, 1.807) is 6.07 Å². The first-order valence-corrected chi connectivity index (χ1v) is 8.31. The molecule has 5 heteroatoms. The Morgan fingerprint density at radius 1 is 1.39 bits per heavy atom. The van der Waals surface area contributed by atoms with Crippen molar-refractivity contribution in [3.05, 3.63) is 46.4 Å². The van der Waals surface area contributed by atoms with E-state index in [0.717, 1.165) is 18.5 Å². The van der Waals surface area contributed by atoms with Crippen LogP contribution in [0.15, 0.2) is 29.6 Å². The minimum Gasteiger partial charge on any atom is -0.368 e. The van der Waals surface area contributed by atoms with Gasteiger partial charge in [0.2, 0.25) is 5.56 Å². The van der Waals surface area contributed by atoms with Crippen molar-refractivity contribution in [3.63, 3.8) is 0 Å². The molecule has 4 rings (SSSR count). The van der Waals surface area contributed by atoms with Crippen molar-refractivity contribution in [3.8, 4) is 0 Å². The summed E-state index contributed by atoms with van der Waals surface area (Å²) in [6.45, 7) is 4.71. The third-order valence-electron chi connectivity index (χ3n) is 6.44. The Balaban J connectivity index is 1.95. The highest BCUT2D eigenvalue weighted by Crippen LogP contribution is 2.59. The van der Waals surface area contributed by atoms with E-state index in [1.807, 2.05) is 6.07 Å². The van der Waals surface area contributed by atoms with Gasteiger partial charge in [0.05, 0.1) is 12.1 Å². The van der Waals surface area contributed by atoms with Gasteiger partial charge in [0.25, 0.3) is 0 Å². The first kappa shape index (κ1) is 15.1. The van der Waals surface area contributed by atoms with E-state index < -0.39 is 6.29 Å². The van der Waals surface area contributed by atoms with Gasteiger partial charge in [-0.2, -0.15) is 0 Å². The third kappa shape index (κ3) is 1.87. The average Bonchev–Trinajstić information content (AvgIpc) is 2.87. The zero-order chi connectivity index (χ0) is 16.4. The quantitative estimate of drug-likeness (QED) is 0.802. The summed E-state index contributed by atoms with van der Waals surface area (Å²) in [5.41, 5.74) is 1.90. The van der Waals surface area contributed by atoms with Crippen LogP contribution >= 0.6 is 0 Å². The zero-order valence-electron chi connectivity index (χ0n) is 13.7. The number of hydrogen-bond acceptors (Lipinski definition) is 4. The molecule has 0 amide bonds. The molecule has 1 saturated heterocycles. The average molecular weight is 316 g/mol. The van der Waals surface area contributed by atoms with Crippen LogP contribution in [0, 0.1) is 23.7 Å². The van der Waals surface area contributed by atoms with Gasteiger partial charge in [-0.15, -0.1) is 6.58 Å². The van der Waals surface area contributed by atoms with Crippen LogP contribution in [0.25, 0.3) is 0 Å². The molecule has 0 unspecified atom stereocenters. The van der Waals surface area contributed by atoms with Gasteiger partial charge in [-0.05, 0) is 50.4 Å². The van der Waals surface area contributed by atoms with Crippen LogP contribution in [0.3, 0.4) is 0 Å². The van der Waals surface area contributed by atoms with Crippen LogP contribution in [-0.2, 0) is 16.7 Å². The Bertz CT molecular complexity index is 698. The largest absolute Gasteiger partial charge is 0.368 e. The second-order valence-electron chi connectivity index (χ2n) is 7.42. The highest BCUT2D eigenvalue weighted by Gasteiger charge is 2.60. The van der Waals surface area contributed by atoms with Crippen LogP contribution in [0.4, 0.5) is 0 Å². The van der Waals surface area contributed by atoms with E-state index in [2.05, 4.69) is 36.6 Å². The van der Waals surface area contributed by atoms with Gasteiger partial charge in [-0.3, -0.25) is 9.69 Å². The molecule has 1 aromatic rings. The number of hydrogen-bond donors (Lipinski definition) is 2. The highest BCUT2D eigenvalue weighted by molar-refractivity contribution is 5.37. The number of aliphatic hydroxyl groups excluding tert-OH is 1. The fraction of sp³-hybridized carbons (Fsp3) is 0.611. The number of aliphatic hydroxyl groups is 1. The molecule has 0 spiro atoms. The van der Waals surface area contributed by atoms with E-state index in [9.17, 15) is 9.90 Å². The van der Waals surface area contributed by atoms with Gasteiger partial charge in [0.1, 0.15) is 0 Å². The van der Waals surface area contributed by atoms with E-state index in [4.69, 9.17) is 4.74 Å². The molecule has 2 aliphatic carbocycles. The molecule has 5 nitrogen and oxygen atoms in total. The minimum atomic E-state index is -0.683. The molecule has 2 fully saturated rings. The Labute approximate surface area is 136 Å². The van der Waals surface area contributed by atoms with Crippen LogP contribution in [-0.4, -0.2) is 42.0 Å². The molecule has 0 aromatic carbocycles. The fourth-order valence-electron chi connectivity index (χ4n) is 5.46. The van der Waals surface area contributed by atoms with E-state index in [0.29, 0.717) is 18.4 Å². The molecular weight excluding hydrogens is 292 g/mol. The number of H-pyrrole nitrogens is 1. The van der Waals surface area contributed by atoms with Crippen LogP contribution in [0.2, 0.25) is 0 Å². The summed E-state index contributed by atoms with van der Waals surface area (Å²) in [6.07, 6.45) is 3.02. The maximum absolute atomic E-state index is 11.8. The van der Waals surface area contributed by atoms with Crippen LogP contribution in [0.5, 0.6) is 0 Å². The summed E-state index contributed by atoms with van der Waals surface area (Å²) >= 11 is 0. The number of aromatic amines is 1. The monoisotopic (exact) mass is 316 g/mol. The number of ether oxygens (including phenoxy) is 1. The van der Waals surface area contributed by atoms with Gasteiger partial charge in [-0.25, -0.2) is 0 Å². The predicted molar refractivity (Wildman–Crippen MR) is 86.9 cm³/mol. The molecule has 1 aromatic heterocycles. The normalized spacial score (nSPS) is 41.5. The molecule has 2 heterocycles. The van der Waals surface area contributed by atoms with Crippen LogP contribution < -0.4 is 5.56 Å². The molecule has 3 aliphatic rings. The summed E-state index contributed by atoms with van der Waals surface area (Å²) in [5.74, 6) is 1.07. The Kier molecular flexibility index (Phi) is 3.31. The lowest BCUT2D eigenvalue weighted by Gasteiger charge is -2.58. The molecule has 1 saturated carbocycles. The summed E-state index contributed by atoms with van der Waals surface area (Å²) < 4.78 is 5.58. The highest BCUT2D eigenvalue weighted by atomic mass is 16.6. The van der Waals surface area contributed by atoms with E-state index in [-0.39, 0.29) is 22.9 Å². The number of fused-ring (bicyclic) bond motifs is 6. The standard InChI is InChI=1S/C18H24N2O3/c1-4-13-10-7-15-14(5-6-16(21)19-15)18(13,20(2)3)8-11-12(10)9-23-17(11)22/h4-6,10-13,17,22H,1,7-9H2,2-3H3,(H,19,21)/t10-,11+,12-,13-,17+,18-/m1/s1. The summed E-state index contributed by atoms with van der Waals surface area (Å²) in [6, 6.07) is 3.57. The molecule has 2 bridgehead atoms. The van der Waals surface area contributed by atoms with Gasteiger partial charge >= 0.3 is 0 Å². The van der Waals surface area contributed by atoms with Gasteiger partial charge in [0.15, 0.2) is 6.29 Å². The van der Waals surface area contributed by atoms with Crippen molar-refractivity contribution in [2.75, 3.05) is 20.7 Å². The third-order valence-corrected chi connectivity index (χ3v) is 6.44. The maximum Gasteiger partial charge on any atom is 0.248 e. The lowest BCUT2D eigenvalue weighted by atomic mass is 9.52. The minimum absolute atomic E-state index is 0.0490. The van der Waals surface area contributed by atoms with E-state index >= 15 is 0 Å². The van der Waals surface area contributed by atoms with Crippen molar-refractivity contribution < 1.29 is 9.84 Å². The molecule has 124 valence electrons. The van der Waals surface area contributed by atoms with Gasteiger partial charge in [-0.1, -0.05) is 6.08 Å². The second-order valence-corrected chi connectivity index (χ2v) is 7.42. The fourth-order valence-corrected chi connectivity index (χ4v) is 5.46.